The first kappa shape index (κ1) is 22.3. The van der Waals surface area contributed by atoms with E-state index in [-0.39, 0.29) is 23.0 Å². The number of aromatic nitrogens is 3. The van der Waals surface area contributed by atoms with Crippen LogP contribution in [0, 0.1) is 5.82 Å². The number of fused-ring (bicyclic) bond motifs is 1. The summed E-state index contributed by atoms with van der Waals surface area (Å²) in [5.41, 5.74) is -0.242. The number of aliphatic hydroxyl groups is 1. The van der Waals surface area contributed by atoms with Crippen LogP contribution in [0.3, 0.4) is 0 Å². The highest BCUT2D eigenvalue weighted by atomic mass is 32.2. The molecule has 1 N–H and O–H groups in total. The van der Waals surface area contributed by atoms with Gasteiger partial charge in [-0.05, 0) is 49.9 Å². The zero-order chi connectivity index (χ0) is 22.9. The van der Waals surface area contributed by atoms with Crippen molar-refractivity contribution in [2.75, 3.05) is 13.7 Å². The molecule has 2 heterocycles. The van der Waals surface area contributed by atoms with Gasteiger partial charge in [-0.15, -0.1) is 11.3 Å². The third-order valence-corrected chi connectivity index (χ3v) is 6.46. The lowest BCUT2D eigenvalue weighted by molar-refractivity contribution is 0.0276. The molecule has 0 atom stereocenters. The predicted octanol–water partition coefficient (Wildman–Crippen LogP) is 4.29. The fraction of sp³-hybridized carbons (Fsp3) is 0.227. The number of rotatable bonds is 7. The second kappa shape index (κ2) is 8.89. The van der Waals surface area contributed by atoms with Crippen molar-refractivity contribution in [3.8, 4) is 17.2 Å². The molecular weight excluding hydrogens is 453 g/mol. The van der Waals surface area contributed by atoms with E-state index in [0.29, 0.717) is 31.7 Å². The average molecular weight is 474 g/mol. The van der Waals surface area contributed by atoms with E-state index in [4.69, 9.17) is 9.47 Å². The van der Waals surface area contributed by atoms with Gasteiger partial charge in [-0.25, -0.2) is 14.4 Å². The van der Waals surface area contributed by atoms with Gasteiger partial charge < -0.3 is 14.6 Å². The summed E-state index contributed by atoms with van der Waals surface area (Å²) in [5.74, 6) is 0.530. The maximum absolute atomic E-state index is 14.0. The molecule has 2 aromatic heterocycles. The minimum absolute atomic E-state index is 0.0848. The van der Waals surface area contributed by atoms with Gasteiger partial charge >= 0.3 is 0 Å². The molecule has 0 radical (unpaired) electrons. The van der Waals surface area contributed by atoms with Crippen molar-refractivity contribution in [3.63, 3.8) is 0 Å². The predicted molar refractivity (Wildman–Crippen MR) is 122 cm³/mol. The van der Waals surface area contributed by atoms with Crippen LogP contribution in [0.15, 0.2) is 63.0 Å². The van der Waals surface area contributed by atoms with E-state index >= 15 is 0 Å². The molecule has 2 aromatic carbocycles. The van der Waals surface area contributed by atoms with E-state index in [9.17, 15) is 14.3 Å². The van der Waals surface area contributed by atoms with Crippen molar-refractivity contribution in [1.82, 2.24) is 14.5 Å². The normalized spacial score (nSPS) is 11.7. The van der Waals surface area contributed by atoms with Gasteiger partial charge in [0, 0.05) is 18.5 Å². The van der Waals surface area contributed by atoms with Crippen LogP contribution in [-0.4, -0.2) is 39.0 Å². The molecule has 10 heteroatoms. The van der Waals surface area contributed by atoms with E-state index in [0.717, 1.165) is 11.8 Å². The number of hydrogen-bond donors (Lipinski definition) is 1. The number of ether oxygens (including phenoxy) is 2. The molecule has 0 aliphatic rings. The summed E-state index contributed by atoms with van der Waals surface area (Å²) in [6.45, 7) is 3.37. The molecule has 0 bridgehead atoms. The van der Waals surface area contributed by atoms with Gasteiger partial charge in [0.25, 0.3) is 5.56 Å². The van der Waals surface area contributed by atoms with Gasteiger partial charge in [-0.3, -0.25) is 9.36 Å². The zero-order valence-corrected chi connectivity index (χ0v) is 19.2. The van der Waals surface area contributed by atoms with Crippen molar-refractivity contribution < 1.29 is 19.0 Å². The fourth-order valence-electron chi connectivity index (χ4n) is 2.87. The van der Waals surface area contributed by atoms with Gasteiger partial charge in [-0.2, -0.15) is 0 Å². The Labute approximate surface area is 191 Å². The smallest absolute Gasteiger partial charge is 0.288 e. The highest BCUT2D eigenvalue weighted by molar-refractivity contribution is 8.01. The van der Waals surface area contributed by atoms with Crippen LogP contribution in [0.4, 0.5) is 4.39 Å². The Kier molecular flexibility index (Phi) is 6.18. The second-order valence-electron chi connectivity index (χ2n) is 7.51. The maximum atomic E-state index is 14.0. The number of thiazole rings is 1. The SMILES string of the molecule is COc1cc(-n2ccnc(Sc3nc4cccc(F)c4s3)c2=O)ccc1OCC(C)(C)O. The lowest BCUT2D eigenvalue weighted by atomic mass is 10.2. The third-order valence-electron chi connectivity index (χ3n) is 4.35. The summed E-state index contributed by atoms with van der Waals surface area (Å²) >= 11 is 2.27. The van der Waals surface area contributed by atoms with E-state index in [1.165, 1.54) is 35.3 Å². The Morgan fingerprint density at radius 2 is 2.06 bits per heavy atom. The van der Waals surface area contributed by atoms with Crippen molar-refractivity contribution >= 4 is 33.3 Å². The maximum Gasteiger partial charge on any atom is 0.288 e. The molecule has 0 aliphatic carbocycles. The van der Waals surface area contributed by atoms with Crippen LogP contribution in [0.1, 0.15) is 13.8 Å². The van der Waals surface area contributed by atoms with Gasteiger partial charge in [0.1, 0.15) is 12.4 Å². The summed E-state index contributed by atoms with van der Waals surface area (Å²) in [6.07, 6.45) is 3.07. The summed E-state index contributed by atoms with van der Waals surface area (Å²) in [7, 11) is 1.50. The molecule has 0 spiro atoms. The highest BCUT2D eigenvalue weighted by Gasteiger charge is 2.17. The summed E-state index contributed by atoms with van der Waals surface area (Å²) in [4.78, 5) is 21.7. The van der Waals surface area contributed by atoms with E-state index in [2.05, 4.69) is 9.97 Å². The second-order valence-corrected chi connectivity index (χ2v) is 9.75. The number of benzene rings is 2. The molecule has 4 aromatic rings. The lowest BCUT2D eigenvalue weighted by Gasteiger charge is -2.19. The van der Waals surface area contributed by atoms with Crippen molar-refractivity contribution in [2.24, 2.45) is 0 Å². The number of halogens is 1. The van der Waals surface area contributed by atoms with Crippen LogP contribution in [0.5, 0.6) is 11.5 Å². The molecule has 0 fully saturated rings. The molecule has 166 valence electrons. The van der Waals surface area contributed by atoms with E-state index < -0.39 is 5.60 Å². The van der Waals surface area contributed by atoms with Gasteiger partial charge in [0.05, 0.1) is 28.6 Å². The number of hydrogen-bond acceptors (Lipinski definition) is 8. The molecule has 0 saturated carbocycles. The quantitative estimate of drug-likeness (QED) is 0.428. The van der Waals surface area contributed by atoms with Crippen LogP contribution < -0.4 is 15.0 Å². The molecule has 0 saturated heterocycles. The molecule has 0 unspecified atom stereocenters. The van der Waals surface area contributed by atoms with Crippen molar-refractivity contribution in [1.29, 1.82) is 0 Å². The number of methoxy groups -OCH3 is 1. The standard InChI is InChI=1S/C22H20FN3O4S2/c1-22(2,28)12-30-16-8-7-13(11-17(16)29-3)26-10-9-24-19(20(26)27)32-21-25-15-6-4-5-14(23)18(15)31-21/h4-11,28H,12H2,1-3H3. The van der Waals surface area contributed by atoms with Crippen LogP contribution in [-0.2, 0) is 0 Å². The largest absolute Gasteiger partial charge is 0.493 e. The Hall–Kier alpha value is -2.95. The minimum Gasteiger partial charge on any atom is -0.493 e. The molecule has 4 rings (SSSR count). The summed E-state index contributed by atoms with van der Waals surface area (Å²) in [5, 5.41) is 10.1. The van der Waals surface area contributed by atoms with Crippen LogP contribution >= 0.6 is 23.1 Å². The first-order chi connectivity index (χ1) is 15.2. The van der Waals surface area contributed by atoms with Crippen molar-refractivity contribution in [3.05, 3.63) is 65.0 Å². The first-order valence-electron chi connectivity index (χ1n) is 9.59. The summed E-state index contributed by atoms with van der Waals surface area (Å²) < 4.78 is 27.4. The fourth-order valence-corrected chi connectivity index (χ4v) is 4.83. The third kappa shape index (κ3) is 4.77. The van der Waals surface area contributed by atoms with E-state index in [1.807, 2.05) is 0 Å². The number of nitrogens with zero attached hydrogens (tertiary/aromatic N) is 3. The van der Waals surface area contributed by atoms with Gasteiger partial charge in [0.15, 0.2) is 20.9 Å². The topological polar surface area (TPSA) is 86.5 Å². The van der Waals surface area contributed by atoms with Crippen molar-refractivity contribution in [2.45, 2.75) is 28.8 Å². The average Bonchev–Trinajstić information content (AvgIpc) is 3.17. The molecule has 7 nitrogen and oxygen atoms in total. The first-order valence-corrected chi connectivity index (χ1v) is 11.2. The Balaban J connectivity index is 1.64. The van der Waals surface area contributed by atoms with Crippen LogP contribution in [0.2, 0.25) is 0 Å². The monoisotopic (exact) mass is 473 g/mol. The van der Waals surface area contributed by atoms with Gasteiger partial charge in [-0.1, -0.05) is 6.07 Å². The lowest BCUT2D eigenvalue weighted by Crippen LogP contribution is -2.28. The molecule has 0 aliphatic heterocycles. The molecule has 32 heavy (non-hydrogen) atoms. The Morgan fingerprint density at radius 3 is 2.78 bits per heavy atom. The Morgan fingerprint density at radius 1 is 1.25 bits per heavy atom. The minimum atomic E-state index is -0.999. The highest BCUT2D eigenvalue weighted by Crippen LogP contribution is 2.34. The van der Waals surface area contributed by atoms with E-state index in [1.54, 1.807) is 50.4 Å². The Bertz CT molecular complexity index is 1330. The molecular formula is C22H20FN3O4S2. The van der Waals surface area contributed by atoms with Crippen LogP contribution in [0.25, 0.3) is 15.9 Å². The summed E-state index contributed by atoms with van der Waals surface area (Å²) in [6, 6.07) is 9.76. The molecule has 0 amide bonds. The zero-order valence-electron chi connectivity index (χ0n) is 17.5. The van der Waals surface area contributed by atoms with Gasteiger partial charge in [0.2, 0.25) is 0 Å².